The van der Waals surface area contributed by atoms with E-state index in [4.69, 9.17) is 4.74 Å². The van der Waals surface area contributed by atoms with Crippen LogP contribution in [0.15, 0.2) is 34.2 Å². The Morgan fingerprint density at radius 3 is 2.33 bits per heavy atom. The third kappa shape index (κ3) is 9.43. The Morgan fingerprint density at radius 2 is 1.79 bits per heavy atom. The number of halogens is 1. The zero-order chi connectivity index (χ0) is 17.1. The first kappa shape index (κ1) is 23.1. The normalized spacial score (nSPS) is 11.7. The molecule has 1 rings (SSSR count). The van der Waals surface area contributed by atoms with Gasteiger partial charge < -0.3 is 15.4 Å². The molecule has 0 saturated heterocycles. The first-order valence-corrected chi connectivity index (χ1v) is 9.67. The van der Waals surface area contributed by atoms with Crippen LogP contribution >= 0.6 is 24.0 Å². The second kappa shape index (κ2) is 12.5. The van der Waals surface area contributed by atoms with Crippen molar-refractivity contribution in [1.82, 2.24) is 10.6 Å². The van der Waals surface area contributed by atoms with E-state index in [1.54, 1.807) is 19.2 Å². The minimum Gasteiger partial charge on any atom is -0.382 e. The van der Waals surface area contributed by atoms with Crippen LogP contribution in [0.25, 0.3) is 0 Å². The van der Waals surface area contributed by atoms with Gasteiger partial charge in [0, 0.05) is 39.6 Å². The van der Waals surface area contributed by atoms with Crippen molar-refractivity contribution in [1.29, 1.82) is 0 Å². The van der Waals surface area contributed by atoms with Crippen LogP contribution in [0, 0.1) is 0 Å². The molecule has 8 heteroatoms. The van der Waals surface area contributed by atoms with Crippen LogP contribution in [-0.4, -0.2) is 54.0 Å². The SMILES string of the molecule is CCOCCCNC(=NC)NCCc1ccc(S(C)(=O)=O)cc1.I. The number of nitrogens with zero attached hydrogens (tertiary/aromatic N) is 1. The maximum absolute atomic E-state index is 11.4. The number of nitrogens with one attached hydrogen (secondary N) is 2. The summed E-state index contributed by atoms with van der Waals surface area (Å²) in [7, 11) is -1.39. The van der Waals surface area contributed by atoms with Crippen LogP contribution in [0.3, 0.4) is 0 Å². The van der Waals surface area contributed by atoms with Crippen molar-refractivity contribution in [3.05, 3.63) is 29.8 Å². The van der Waals surface area contributed by atoms with Gasteiger partial charge in [0.25, 0.3) is 0 Å². The van der Waals surface area contributed by atoms with Crippen molar-refractivity contribution in [2.45, 2.75) is 24.7 Å². The van der Waals surface area contributed by atoms with E-state index < -0.39 is 9.84 Å². The van der Waals surface area contributed by atoms with E-state index in [1.807, 2.05) is 19.1 Å². The summed E-state index contributed by atoms with van der Waals surface area (Å²) in [5.74, 6) is 0.759. The molecule has 0 bridgehead atoms. The van der Waals surface area contributed by atoms with Gasteiger partial charge >= 0.3 is 0 Å². The zero-order valence-corrected chi connectivity index (χ0v) is 17.7. The van der Waals surface area contributed by atoms with Gasteiger partial charge in [-0.3, -0.25) is 4.99 Å². The second-order valence-electron chi connectivity index (χ2n) is 5.14. The van der Waals surface area contributed by atoms with Crippen molar-refractivity contribution in [3.8, 4) is 0 Å². The number of aliphatic imine (C=N–C) groups is 1. The van der Waals surface area contributed by atoms with Crippen molar-refractivity contribution < 1.29 is 13.2 Å². The average molecular weight is 469 g/mol. The molecule has 0 amide bonds. The van der Waals surface area contributed by atoms with Crippen LogP contribution in [0.5, 0.6) is 0 Å². The molecule has 24 heavy (non-hydrogen) atoms. The van der Waals surface area contributed by atoms with E-state index in [9.17, 15) is 8.42 Å². The quantitative estimate of drug-likeness (QED) is 0.250. The van der Waals surface area contributed by atoms with Gasteiger partial charge in [-0.2, -0.15) is 0 Å². The van der Waals surface area contributed by atoms with Gasteiger partial charge in [-0.15, -0.1) is 24.0 Å². The summed E-state index contributed by atoms with van der Waals surface area (Å²) in [6.07, 6.45) is 2.94. The average Bonchev–Trinajstić information content (AvgIpc) is 2.52. The summed E-state index contributed by atoms with van der Waals surface area (Å²) in [6.45, 7) is 5.00. The highest BCUT2D eigenvalue weighted by atomic mass is 127. The molecule has 6 nitrogen and oxygen atoms in total. The Labute approximate surface area is 162 Å². The molecule has 0 spiro atoms. The van der Waals surface area contributed by atoms with Gasteiger partial charge in [0.1, 0.15) is 0 Å². The Hall–Kier alpha value is -0.870. The van der Waals surface area contributed by atoms with Crippen LogP contribution in [0.1, 0.15) is 18.9 Å². The minimum absolute atomic E-state index is 0. The van der Waals surface area contributed by atoms with Crippen LogP contribution in [0.4, 0.5) is 0 Å². The first-order valence-electron chi connectivity index (χ1n) is 7.78. The van der Waals surface area contributed by atoms with Gasteiger partial charge in [-0.25, -0.2) is 8.42 Å². The molecular formula is C16H28IN3O3S. The van der Waals surface area contributed by atoms with Crippen LogP contribution in [0.2, 0.25) is 0 Å². The van der Waals surface area contributed by atoms with Gasteiger partial charge in [0.05, 0.1) is 4.90 Å². The maximum Gasteiger partial charge on any atom is 0.190 e. The van der Waals surface area contributed by atoms with E-state index in [0.717, 1.165) is 50.7 Å². The molecule has 0 unspecified atom stereocenters. The van der Waals surface area contributed by atoms with E-state index in [1.165, 1.54) is 6.26 Å². The fourth-order valence-corrected chi connectivity index (χ4v) is 2.60. The lowest BCUT2D eigenvalue weighted by atomic mass is 10.1. The van der Waals surface area contributed by atoms with E-state index in [0.29, 0.717) is 4.90 Å². The third-order valence-corrected chi connectivity index (χ3v) is 4.37. The Kier molecular flexibility index (Phi) is 12.0. The molecule has 2 N–H and O–H groups in total. The van der Waals surface area contributed by atoms with Crippen molar-refractivity contribution in [2.24, 2.45) is 4.99 Å². The topological polar surface area (TPSA) is 79.8 Å². The summed E-state index contributed by atoms with van der Waals surface area (Å²) in [5, 5.41) is 6.46. The first-order chi connectivity index (χ1) is 11.0. The van der Waals surface area contributed by atoms with E-state index in [-0.39, 0.29) is 24.0 Å². The Morgan fingerprint density at radius 1 is 1.17 bits per heavy atom. The number of rotatable bonds is 9. The Bertz CT molecular complexity index is 589. The number of hydrogen-bond donors (Lipinski definition) is 2. The van der Waals surface area contributed by atoms with E-state index >= 15 is 0 Å². The van der Waals surface area contributed by atoms with Crippen molar-refractivity contribution in [3.63, 3.8) is 0 Å². The summed E-state index contributed by atoms with van der Waals surface area (Å²) in [5.41, 5.74) is 1.08. The fraction of sp³-hybridized carbons (Fsp3) is 0.562. The number of guanidine groups is 1. The van der Waals surface area contributed by atoms with E-state index in [2.05, 4.69) is 15.6 Å². The predicted octanol–water partition coefficient (Wildman–Crippen LogP) is 1.84. The number of sulfone groups is 1. The summed E-state index contributed by atoms with van der Waals surface area (Å²) < 4.78 is 28.1. The highest BCUT2D eigenvalue weighted by molar-refractivity contribution is 14.0. The molecule has 0 fully saturated rings. The molecule has 0 radical (unpaired) electrons. The molecular weight excluding hydrogens is 441 g/mol. The molecule has 0 atom stereocenters. The van der Waals surface area contributed by atoms with Crippen molar-refractivity contribution >= 4 is 39.8 Å². The molecule has 1 aromatic carbocycles. The highest BCUT2D eigenvalue weighted by Gasteiger charge is 2.06. The number of hydrogen-bond acceptors (Lipinski definition) is 4. The molecule has 0 aliphatic carbocycles. The second-order valence-corrected chi connectivity index (χ2v) is 7.16. The maximum atomic E-state index is 11.4. The van der Waals surface area contributed by atoms with Crippen LogP contribution < -0.4 is 10.6 Å². The summed E-state index contributed by atoms with van der Waals surface area (Å²) in [4.78, 5) is 4.51. The number of ether oxygens (including phenoxy) is 1. The molecule has 0 aromatic heterocycles. The summed E-state index contributed by atoms with van der Waals surface area (Å²) >= 11 is 0. The lowest BCUT2D eigenvalue weighted by molar-refractivity contribution is 0.145. The lowest BCUT2D eigenvalue weighted by Crippen LogP contribution is -2.39. The molecule has 138 valence electrons. The van der Waals surface area contributed by atoms with Gasteiger partial charge in [0.2, 0.25) is 0 Å². The van der Waals surface area contributed by atoms with Gasteiger partial charge in [-0.05, 0) is 37.5 Å². The smallest absolute Gasteiger partial charge is 0.190 e. The summed E-state index contributed by atoms with van der Waals surface area (Å²) in [6, 6.07) is 6.98. The standard InChI is InChI=1S/C16H27N3O3S.HI/c1-4-22-13-5-11-18-16(17-2)19-12-10-14-6-8-15(9-7-14)23(3,20)21;/h6-9H,4-5,10-13H2,1-3H3,(H2,17,18,19);1H. The van der Waals surface area contributed by atoms with Gasteiger partial charge in [-0.1, -0.05) is 12.1 Å². The minimum atomic E-state index is -3.13. The molecule has 1 aromatic rings. The Balaban J connectivity index is 0.00000529. The van der Waals surface area contributed by atoms with Gasteiger partial charge in [0.15, 0.2) is 15.8 Å². The molecule has 0 heterocycles. The largest absolute Gasteiger partial charge is 0.382 e. The lowest BCUT2D eigenvalue weighted by Gasteiger charge is -2.12. The zero-order valence-electron chi connectivity index (χ0n) is 14.5. The van der Waals surface area contributed by atoms with Crippen LogP contribution in [-0.2, 0) is 21.0 Å². The molecule has 0 saturated carbocycles. The van der Waals surface area contributed by atoms with Crippen molar-refractivity contribution in [2.75, 3.05) is 39.6 Å². The molecule has 0 aliphatic rings. The number of benzene rings is 1. The predicted molar refractivity (Wildman–Crippen MR) is 109 cm³/mol. The monoisotopic (exact) mass is 469 g/mol. The molecule has 0 aliphatic heterocycles. The fourth-order valence-electron chi connectivity index (χ4n) is 1.97. The third-order valence-electron chi connectivity index (χ3n) is 3.24. The highest BCUT2D eigenvalue weighted by Crippen LogP contribution is 2.10.